The average molecular weight is 267 g/mol. The predicted octanol–water partition coefficient (Wildman–Crippen LogP) is 2.33. The third-order valence-electron chi connectivity index (χ3n) is 2.19. The molecule has 0 fully saturated rings. The number of hydrogen-bond acceptors (Lipinski definition) is 4. The summed E-state index contributed by atoms with van der Waals surface area (Å²) in [5, 5.41) is 8.94. The fourth-order valence-corrected chi connectivity index (χ4v) is 1.30. The lowest BCUT2D eigenvalue weighted by Crippen LogP contribution is -2.06. The van der Waals surface area contributed by atoms with Crippen LogP contribution in [0.2, 0.25) is 0 Å². The molecule has 0 saturated carbocycles. The number of nitrogens with zero attached hydrogens (tertiary/aromatic N) is 1. The van der Waals surface area contributed by atoms with Gasteiger partial charge in [0.1, 0.15) is 30.6 Å². The molecule has 20 heavy (non-hydrogen) atoms. The zero-order valence-electron chi connectivity index (χ0n) is 10.8. The summed E-state index contributed by atoms with van der Waals surface area (Å²) in [7, 11) is 0. The van der Waals surface area contributed by atoms with E-state index in [1.807, 2.05) is 0 Å². The smallest absolute Gasteiger partial charge is 0.349 e. The molecule has 0 aliphatic rings. The molecule has 1 aromatic carbocycles. The minimum Gasteiger partial charge on any atom is -0.481 e. The maximum atomic E-state index is 11.5. The van der Waals surface area contributed by atoms with Gasteiger partial charge in [0.2, 0.25) is 0 Å². The number of benzene rings is 1. The first-order valence-electron chi connectivity index (χ1n) is 5.77. The first-order chi connectivity index (χ1) is 9.71. The maximum Gasteiger partial charge on any atom is 0.349 e. The van der Waals surface area contributed by atoms with Crippen LogP contribution < -0.4 is 4.74 Å². The van der Waals surface area contributed by atoms with Crippen molar-refractivity contribution in [2.75, 3.05) is 13.2 Å². The van der Waals surface area contributed by atoms with Gasteiger partial charge in [0, 0.05) is 0 Å². The average Bonchev–Trinajstić information content (AvgIpc) is 2.49. The number of carbonyl (C=O) groups is 1. The highest BCUT2D eigenvalue weighted by Gasteiger charge is 2.09. The number of terminal acetylenes is 1. The Morgan fingerprint density at radius 3 is 2.65 bits per heavy atom. The van der Waals surface area contributed by atoms with E-state index >= 15 is 0 Å². The highest BCUT2D eigenvalue weighted by molar-refractivity contribution is 5.97. The second-order valence-corrected chi connectivity index (χ2v) is 3.62. The fourth-order valence-electron chi connectivity index (χ4n) is 1.30. The summed E-state index contributed by atoms with van der Waals surface area (Å²) in [6.07, 6.45) is 7.96. The number of esters is 1. The van der Waals surface area contributed by atoms with E-state index in [4.69, 9.17) is 21.2 Å². The van der Waals surface area contributed by atoms with Crippen molar-refractivity contribution >= 4 is 12.0 Å². The largest absolute Gasteiger partial charge is 0.481 e. The van der Waals surface area contributed by atoms with Crippen molar-refractivity contribution in [3.8, 4) is 24.2 Å². The van der Waals surface area contributed by atoms with E-state index in [-0.39, 0.29) is 18.8 Å². The Bertz CT molecular complexity index is 586. The standard InChI is InChI=1S/C16H13NO3/c1-3-9-19-15-7-5-13(6-8-15)11-14(12-17)16(18)20-10-4-2/h1,4-8,11H,2,9-10H2. The van der Waals surface area contributed by atoms with Crippen molar-refractivity contribution < 1.29 is 14.3 Å². The minimum absolute atomic E-state index is 0.0662. The number of ether oxygens (including phenoxy) is 2. The van der Waals surface area contributed by atoms with Gasteiger partial charge in [0.25, 0.3) is 0 Å². The van der Waals surface area contributed by atoms with Gasteiger partial charge in [-0.25, -0.2) is 4.79 Å². The molecule has 0 saturated heterocycles. The van der Waals surface area contributed by atoms with Crippen LogP contribution in [0.5, 0.6) is 5.75 Å². The molecular formula is C16H13NO3. The first-order valence-corrected chi connectivity index (χ1v) is 5.77. The summed E-state index contributed by atoms with van der Waals surface area (Å²) < 4.78 is 10.0. The van der Waals surface area contributed by atoms with Gasteiger partial charge in [-0.3, -0.25) is 0 Å². The highest BCUT2D eigenvalue weighted by Crippen LogP contribution is 2.14. The molecule has 1 rings (SSSR count). The predicted molar refractivity (Wildman–Crippen MR) is 75.5 cm³/mol. The molecule has 0 aliphatic heterocycles. The molecule has 0 unspecified atom stereocenters. The van der Waals surface area contributed by atoms with Gasteiger partial charge in [-0.1, -0.05) is 30.7 Å². The van der Waals surface area contributed by atoms with Crippen molar-refractivity contribution in [3.63, 3.8) is 0 Å². The molecule has 0 heterocycles. The molecule has 0 amide bonds. The molecule has 1 aromatic rings. The van der Waals surface area contributed by atoms with Crippen molar-refractivity contribution in [1.29, 1.82) is 5.26 Å². The third-order valence-corrected chi connectivity index (χ3v) is 2.19. The lowest BCUT2D eigenvalue weighted by atomic mass is 10.1. The summed E-state index contributed by atoms with van der Waals surface area (Å²) >= 11 is 0. The monoisotopic (exact) mass is 267 g/mol. The van der Waals surface area contributed by atoms with Gasteiger partial charge in [-0.15, -0.1) is 6.42 Å². The van der Waals surface area contributed by atoms with E-state index in [1.54, 1.807) is 30.3 Å². The van der Waals surface area contributed by atoms with Gasteiger partial charge in [0.15, 0.2) is 0 Å². The van der Waals surface area contributed by atoms with Crippen molar-refractivity contribution in [3.05, 3.63) is 48.1 Å². The number of carbonyl (C=O) groups excluding carboxylic acids is 1. The molecule has 0 aliphatic carbocycles. The van der Waals surface area contributed by atoms with Crippen LogP contribution in [-0.2, 0) is 9.53 Å². The normalized spacial score (nSPS) is 10.0. The van der Waals surface area contributed by atoms with E-state index < -0.39 is 5.97 Å². The lowest BCUT2D eigenvalue weighted by Gasteiger charge is -2.03. The van der Waals surface area contributed by atoms with Crippen molar-refractivity contribution in [1.82, 2.24) is 0 Å². The zero-order chi connectivity index (χ0) is 14.8. The Labute approximate surface area is 117 Å². The second-order valence-electron chi connectivity index (χ2n) is 3.62. The van der Waals surface area contributed by atoms with Gasteiger partial charge < -0.3 is 9.47 Å². The van der Waals surface area contributed by atoms with Crippen LogP contribution in [-0.4, -0.2) is 19.2 Å². The van der Waals surface area contributed by atoms with Crippen molar-refractivity contribution in [2.45, 2.75) is 0 Å². The summed E-state index contributed by atoms with van der Waals surface area (Å²) in [5.41, 5.74) is 0.606. The second kappa shape index (κ2) is 8.18. The summed E-state index contributed by atoms with van der Waals surface area (Å²) in [6.45, 7) is 3.68. The number of nitriles is 1. The molecule has 0 atom stereocenters. The number of hydrogen-bond donors (Lipinski definition) is 0. The van der Waals surface area contributed by atoms with E-state index in [0.29, 0.717) is 11.3 Å². The van der Waals surface area contributed by atoms with Gasteiger partial charge in [-0.2, -0.15) is 5.26 Å². The van der Waals surface area contributed by atoms with E-state index in [9.17, 15) is 4.79 Å². The summed E-state index contributed by atoms with van der Waals surface area (Å²) in [5.74, 6) is 2.30. The molecule has 0 aromatic heterocycles. The molecular weight excluding hydrogens is 254 g/mol. The Balaban J connectivity index is 2.80. The molecule has 0 bridgehead atoms. The van der Waals surface area contributed by atoms with Crippen LogP contribution in [0, 0.1) is 23.7 Å². The Morgan fingerprint density at radius 1 is 1.40 bits per heavy atom. The fraction of sp³-hybridized carbons (Fsp3) is 0.125. The summed E-state index contributed by atoms with van der Waals surface area (Å²) in [6, 6.07) is 8.63. The highest BCUT2D eigenvalue weighted by atomic mass is 16.5. The molecule has 4 heteroatoms. The summed E-state index contributed by atoms with van der Waals surface area (Å²) in [4.78, 5) is 11.5. The Hall–Kier alpha value is -2.98. The quantitative estimate of drug-likeness (QED) is 0.261. The molecule has 100 valence electrons. The van der Waals surface area contributed by atoms with Crippen LogP contribution >= 0.6 is 0 Å². The van der Waals surface area contributed by atoms with Crippen LogP contribution in [0.15, 0.2) is 42.5 Å². The van der Waals surface area contributed by atoms with Crippen molar-refractivity contribution in [2.24, 2.45) is 0 Å². The van der Waals surface area contributed by atoms with Crippen LogP contribution in [0.25, 0.3) is 6.08 Å². The van der Waals surface area contributed by atoms with Gasteiger partial charge >= 0.3 is 5.97 Å². The van der Waals surface area contributed by atoms with Crippen LogP contribution in [0.3, 0.4) is 0 Å². The maximum absolute atomic E-state index is 11.5. The Morgan fingerprint density at radius 2 is 2.10 bits per heavy atom. The first kappa shape index (κ1) is 15.1. The van der Waals surface area contributed by atoms with E-state index in [1.165, 1.54) is 12.2 Å². The molecule has 4 nitrogen and oxygen atoms in total. The molecule has 0 spiro atoms. The molecule has 0 radical (unpaired) electrons. The van der Waals surface area contributed by atoms with E-state index in [2.05, 4.69) is 12.5 Å². The van der Waals surface area contributed by atoms with Crippen LogP contribution in [0.4, 0.5) is 0 Å². The van der Waals surface area contributed by atoms with E-state index in [0.717, 1.165) is 0 Å². The number of rotatable bonds is 6. The minimum atomic E-state index is -0.681. The van der Waals surface area contributed by atoms with Gasteiger partial charge in [0.05, 0.1) is 0 Å². The lowest BCUT2D eigenvalue weighted by molar-refractivity contribution is -0.137. The van der Waals surface area contributed by atoms with Gasteiger partial charge in [-0.05, 0) is 23.8 Å². The zero-order valence-corrected chi connectivity index (χ0v) is 10.8. The topological polar surface area (TPSA) is 59.3 Å². The van der Waals surface area contributed by atoms with Crippen LogP contribution in [0.1, 0.15) is 5.56 Å². The molecule has 0 N–H and O–H groups in total. The third kappa shape index (κ3) is 4.72. The SMILES string of the molecule is C#CCOc1ccc(C=C(C#N)C(=O)OCC=C)cc1. The Kier molecular flexibility index (Phi) is 6.17.